The van der Waals surface area contributed by atoms with Crippen molar-refractivity contribution >= 4 is 26.2 Å². The van der Waals surface area contributed by atoms with Crippen LogP contribution in [0.1, 0.15) is 62.5 Å². The van der Waals surface area contributed by atoms with Crippen LogP contribution in [0.3, 0.4) is 0 Å². The summed E-state index contributed by atoms with van der Waals surface area (Å²) in [5.74, 6) is -0.217. The quantitative estimate of drug-likeness (QED) is 0.165. The second-order valence-corrected chi connectivity index (χ2v) is 12.0. The highest BCUT2D eigenvalue weighted by atomic mass is 32.2. The van der Waals surface area contributed by atoms with Gasteiger partial charge in [-0.15, -0.1) is 0 Å². The number of aryl methyl sites for hydroxylation is 2. The Morgan fingerprint density at radius 1 is 0.722 bits per heavy atom. The van der Waals surface area contributed by atoms with E-state index in [1.165, 1.54) is 31.4 Å². The molecule has 0 aromatic heterocycles. The number of carbonyl (C=O) groups excluding carboxylic acids is 1. The molecule has 2 aromatic carbocycles. The monoisotopic (exact) mass is 540 g/mol. The molecule has 0 aliphatic carbocycles. The number of esters is 1. The lowest BCUT2D eigenvalue weighted by Gasteiger charge is -2.18. The van der Waals surface area contributed by atoms with Gasteiger partial charge in [0.1, 0.15) is 6.10 Å². The van der Waals surface area contributed by atoms with Crippen LogP contribution in [-0.2, 0) is 38.1 Å². The molecule has 0 radical (unpaired) electrons. The number of ether oxygens (including phenoxy) is 1. The molecule has 0 fully saturated rings. The summed E-state index contributed by atoms with van der Waals surface area (Å²) in [6.45, 7) is 3.27. The molecule has 0 spiro atoms. The third kappa shape index (κ3) is 10.4. The van der Waals surface area contributed by atoms with Gasteiger partial charge in [-0.3, -0.25) is 13.2 Å². The minimum Gasteiger partial charge on any atom is -0.469 e. The zero-order chi connectivity index (χ0) is 26.6. The van der Waals surface area contributed by atoms with E-state index in [4.69, 9.17) is 8.37 Å². The number of rotatable bonds is 16. The standard InChI is InChI=1S/C26H36O8S2/c1-21-12-16-24(17-13-21)35(28,29)33-20-23(10-8-6-4-5-7-9-11-26(27)32-3)34-36(30,31)25-18-14-22(2)15-19-25/h12-19,23H,4-11,20H2,1-3H3/t23-/m0/s1. The molecule has 2 aromatic rings. The fourth-order valence-electron chi connectivity index (χ4n) is 3.49. The summed E-state index contributed by atoms with van der Waals surface area (Å²) < 4.78 is 66.1. The van der Waals surface area contributed by atoms with Crippen LogP contribution in [0.2, 0.25) is 0 Å². The molecule has 0 saturated carbocycles. The van der Waals surface area contributed by atoms with Gasteiger partial charge in [0, 0.05) is 6.42 Å². The van der Waals surface area contributed by atoms with E-state index in [0.717, 1.165) is 43.2 Å². The number of benzene rings is 2. The molecule has 0 unspecified atom stereocenters. The maximum atomic E-state index is 12.8. The van der Waals surface area contributed by atoms with Gasteiger partial charge in [0.05, 0.1) is 23.5 Å². The molecule has 0 aliphatic heterocycles. The zero-order valence-corrected chi connectivity index (χ0v) is 22.8. The normalized spacial score (nSPS) is 12.9. The lowest BCUT2D eigenvalue weighted by atomic mass is 10.1. The Balaban J connectivity index is 1.96. The van der Waals surface area contributed by atoms with E-state index in [1.54, 1.807) is 24.3 Å². The zero-order valence-electron chi connectivity index (χ0n) is 21.1. The lowest BCUT2D eigenvalue weighted by Crippen LogP contribution is -2.26. The van der Waals surface area contributed by atoms with Gasteiger partial charge in [0.2, 0.25) is 0 Å². The fraction of sp³-hybridized carbons (Fsp3) is 0.500. The number of hydrogen-bond donors (Lipinski definition) is 0. The van der Waals surface area contributed by atoms with Crippen molar-refractivity contribution in [1.82, 2.24) is 0 Å². The minimum atomic E-state index is -4.10. The van der Waals surface area contributed by atoms with Crippen molar-refractivity contribution in [2.75, 3.05) is 13.7 Å². The Hall–Kier alpha value is -2.27. The average molecular weight is 541 g/mol. The fourth-order valence-corrected chi connectivity index (χ4v) is 5.51. The molecular weight excluding hydrogens is 504 g/mol. The average Bonchev–Trinajstić information content (AvgIpc) is 2.84. The number of carbonyl (C=O) groups is 1. The van der Waals surface area contributed by atoms with Crippen LogP contribution in [-0.4, -0.2) is 42.6 Å². The van der Waals surface area contributed by atoms with Gasteiger partial charge in [-0.2, -0.15) is 16.8 Å². The highest BCUT2D eigenvalue weighted by molar-refractivity contribution is 7.87. The van der Waals surface area contributed by atoms with Crippen LogP contribution in [0, 0.1) is 13.8 Å². The van der Waals surface area contributed by atoms with E-state index in [9.17, 15) is 21.6 Å². The van der Waals surface area contributed by atoms with Crippen molar-refractivity contribution in [3.63, 3.8) is 0 Å². The topological polar surface area (TPSA) is 113 Å². The van der Waals surface area contributed by atoms with Crippen molar-refractivity contribution in [1.29, 1.82) is 0 Å². The highest BCUT2D eigenvalue weighted by Crippen LogP contribution is 2.21. The Kier molecular flexibility index (Phi) is 12.0. The summed E-state index contributed by atoms with van der Waals surface area (Å²) in [6, 6.07) is 12.5. The summed E-state index contributed by atoms with van der Waals surface area (Å²) in [7, 11) is -6.79. The van der Waals surface area contributed by atoms with E-state index in [1.807, 2.05) is 13.8 Å². The second-order valence-electron chi connectivity index (χ2n) is 8.77. The molecule has 36 heavy (non-hydrogen) atoms. The molecular formula is C26H36O8S2. The van der Waals surface area contributed by atoms with E-state index < -0.39 is 32.9 Å². The van der Waals surface area contributed by atoms with Gasteiger partial charge in [0.25, 0.3) is 20.2 Å². The summed E-state index contributed by atoms with van der Waals surface area (Å²) >= 11 is 0. The van der Waals surface area contributed by atoms with E-state index >= 15 is 0 Å². The summed E-state index contributed by atoms with van der Waals surface area (Å²) in [5.41, 5.74) is 1.81. The minimum absolute atomic E-state index is 0.000182. The maximum Gasteiger partial charge on any atom is 0.305 e. The Bertz CT molecular complexity index is 1160. The molecule has 0 amide bonds. The Morgan fingerprint density at radius 3 is 1.72 bits per heavy atom. The van der Waals surface area contributed by atoms with E-state index in [0.29, 0.717) is 19.3 Å². The summed E-state index contributed by atoms with van der Waals surface area (Å²) in [5, 5.41) is 0. The van der Waals surface area contributed by atoms with Crippen molar-refractivity contribution in [2.24, 2.45) is 0 Å². The Morgan fingerprint density at radius 2 is 1.19 bits per heavy atom. The van der Waals surface area contributed by atoms with E-state index in [-0.39, 0.29) is 15.8 Å². The van der Waals surface area contributed by atoms with Gasteiger partial charge < -0.3 is 4.74 Å². The van der Waals surface area contributed by atoms with Crippen molar-refractivity contribution in [2.45, 2.75) is 81.1 Å². The first kappa shape index (κ1) is 30.0. The molecule has 0 saturated heterocycles. The van der Waals surface area contributed by atoms with Crippen LogP contribution in [0.4, 0.5) is 0 Å². The lowest BCUT2D eigenvalue weighted by molar-refractivity contribution is -0.140. The van der Waals surface area contributed by atoms with Gasteiger partial charge >= 0.3 is 5.97 Å². The van der Waals surface area contributed by atoms with Crippen LogP contribution in [0.15, 0.2) is 58.3 Å². The van der Waals surface area contributed by atoms with Crippen LogP contribution in [0.5, 0.6) is 0 Å². The van der Waals surface area contributed by atoms with Gasteiger partial charge in [-0.25, -0.2) is 0 Å². The van der Waals surface area contributed by atoms with Gasteiger partial charge in [-0.1, -0.05) is 67.5 Å². The molecule has 8 nitrogen and oxygen atoms in total. The van der Waals surface area contributed by atoms with Crippen molar-refractivity contribution in [3.8, 4) is 0 Å². The SMILES string of the molecule is COC(=O)CCCCCCCC[C@@H](COS(=O)(=O)c1ccc(C)cc1)OS(=O)(=O)c1ccc(C)cc1. The third-order valence-corrected chi connectivity index (χ3v) is 8.35. The maximum absolute atomic E-state index is 12.8. The van der Waals surface area contributed by atoms with E-state index in [2.05, 4.69) is 4.74 Å². The first-order valence-corrected chi connectivity index (χ1v) is 14.9. The van der Waals surface area contributed by atoms with Crippen LogP contribution < -0.4 is 0 Å². The summed E-state index contributed by atoms with van der Waals surface area (Å²) in [6.07, 6.45) is 4.70. The number of methoxy groups -OCH3 is 1. The molecule has 2 rings (SSSR count). The van der Waals surface area contributed by atoms with Gasteiger partial charge in [-0.05, 0) is 51.0 Å². The predicted molar refractivity (Wildman–Crippen MR) is 137 cm³/mol. The molecule has 0 heterocycles. The first-order valence-electron chi connectivity index (χ1n) is 12.1. The van der Waals surface area contributed by atoms with Gasteiger partial charge in [0.15, 0.2) is 0 Å². The largest absolute Gasteiger partial charge is 0.469 e. The van der Waals surface area contributed by atoms with Crippen LogP contribution >= 0.6 is 0 Å². The Labute approximate surface area is 215 Å². The highest BCUT2D eigenvalue weighted by Gasteiger charge is 2.25. The number of unbranched alkanes of at least 4 members (excludes halogenated alkanes) is 5. The molecule has 0 N–H and O–H groups in total. The van der Waals surface area contributed by atoms with Crippen LogP contribution in [0.25, 0.3) is 0 Å². The molecule has 10 heteroatoms. The molecule has 200 valence electrons. The molecule has 0 aliphatic rings. The molecule has 0 bridgehead atoms. The van der Waals surface area contributed by atoms with Crippen molar-refractivity contribution in [3.05, 3.63) is 59.7 Å². The number of hydrogen-bond acceptors (Lipinski definition) is 8. The smallest absolute Gasteiger partial charge is 0.305 e. The second kappa shape index (κ2) is 14.5. The van der Waals surface area contributed by atoms with Crippen molar-refractivity contribution < 1.29 is 34.7 Å². The predicted octanol–water partition coefficient (Wildman–Crippen LogP) is 5.08. The third-order valence-electron chi connectivity index (χ3n) is 5.68. The summed E-state index contributed by atoms with van der Waals surface area (Å²) in [4.78, 5) is 11.2. The first-order chi connectivity index (χ1) is 17.0. The molecule has 1 atom stereocenters.